The number of aromatic nitrogens is 2. The van der Waals surface area contributed by atoms with Gasteiger partial charge in [0.2, 0.25) is 18.3 Å². The highest BCUT2D eigenvalue weighted by Gasteiger charge is 2.17. The SMILES string of the molecule is NC(=O)c1ccc(N(C=O)C[C@@H]2CN=c3nc(N)[nH]c(=O)c3=N2)cc1. The summed E-state index contributed by atoms with van der Waals surface area (Å²) < 4.78 is 0. The molecule has 2 heterocycles. The van der Waals surface area contributed by atoms with Gasteiger partial charge in [0.05, 0.1) is 12.6 Å². The number of fused-ring (bicyclic) bond motifs is 1. The zero-order chi connectivity index (χ0) is 18.0. The average Bonchev–Trinajstić information content (AvgIpc) is 2.60. The molecule has 0 fully saturated rings. The van der Waals surface area contributed by atoms with Crippen LogP contribution in [-0.2, 0) is 4.79 Å². The molecule has 1 aliphatic heterocycles. The maximum atomic E-state index is 11.9. The number of anilines is 2. The van der Waals surface area contributed by atoms with Gasteiger partial charge >= 0.3 is 0 Å². The second kappa shape index (κ2) is 6.51. The molecule has 5 N–H and O–H groups in total. The quantitative estimate of drug-likeness (QED) is 0.522. The van der Waals surface area contributed by atoms with E-state index >= 15 is 0 Å². The molecule has 0 saturated carbocycles. The Morgan fingerprint density at radius 2 is 2.08 bits per heavy atom. The van der Waals surface area contributed by atoms with E-state index in [1.165, 1.54) is 17.0 Å². The lowest BCUT2D eigenvalue weighted by Crippen LogP contribution is -2.49. The summed E-state index contributed by atoms with van der Waals surface area (Å²) in [6.45, 7) is 0.485. The molecule has 10 heteroatoms. The van der Waals surface area contributed by atoms with Crippen LogP contribution in [0.2, 0.25) is 0 Å². The van der Waals surface area contributed by atoms with Crippen molar-refractivity contribution in [3.63, 3.8) is 0 Å². The number of nitrogens with two attached hydrogens (primary N) is 2. The Labute approximate surface area is 140 Å². The van der Waals surface area contributed by atoms with Gasteiger partial charge in [0.15, 0.2) is 10.8 Å². The van der Waals surface area contributed by atoms with E-state index in [-0.39, 0.29) is 29.9 Å². The Morgan fingerprint density at radius 1 is 1.36 bits per heavy atom. The number of benzene rings is 1. The van der Waals surface area contributed by atoms with Crippen LogP contribution in [0.5, 0.6) is 0 Å². The third kappa shape index (κ3) is 3.37. The van der Waals surface area contributed by atoms with Crippen LogP contribution in [0.25, 0.3) is 0 Å². The van der Waals surface area contributed by atoms with Crippen molar-refractivity contribution in [2.24, 2.45) is 15.7 Å². The van der Waals surface area contributed by atoms with Crippen LogP contribution >= 0.6 is 0 Å². The van der Waals surface area contributed by atoms with Gasteiger partial charge in [-0.3, -0.25) is 29.4 Å². The standard InChI is InChI=1S/C15H15N7O3/c16-12(24)8-1-3-10(4-2-8)22(7-23)6-9-5-18-13-11(19-9)14(25)21-15(17)20-13/h1-4,7,9H,5-6H2,(H2,16,24)(H3,17,18,20,21,25)/t9-/m0/s1. The number of carbonyl (C=O) groups is 2. The Bertz CT molecular complexity index is 997. The molecule has 0 bridgehead atoms. The van der Waals surface area contributed by atoms with E-state index < -0.39 is 17.5 Å². The Kier molecular flexibility index (Phi) is 4.25. The van der Waals surface area contributed by atoms with Crippen LogP contribution in [0.1, 0.15) is 10.4 Å². The van der Waals surface area contributed by atoms with E-state index in [0.717, 1.165) is 0 Å². The summed E-state index contributed by atoms with van der Waals surface area (Å²) in [7, 11) is 0. The Morgan fingerprint density at radius 3 is 2.72 bits per heavy atom. The fraction of sp³-hybridized carbons (Fsp3) is 0.200. The molecule has 0 unspecified atom stereocenters. The first-order valence-corrected chi connectivity index (χ1v) is 7.38. The van der Waals surface area contributed by atoms with Gasteiger partial charge in [-0.2, -0.15) is 4.98 Å². The average molecular weight is 341 g/mol. The lowest BCUT2D eigenvalue weighted by molar-refractivity contribution is -0.107. The number of nitrogens with one attached hydrogen (secondary N) is 1. The summed E-state index contributed by atoms with van der Waals surface area (Å²) in [5.41, 5.74) is 11.3. The normalized spacial score (nSPS) is 15.4. The highest BCUT2D eigenvalue weighted by Crippen LogP contribution is 2.15. The van der Waals surface area contributed by atoms with E-state index in [2.05, 4.69) is 20.0 Å². The summed E-state index contributed by atoms with van der Waals surface area (Å²) in [5.74, 6) is -0.571. The molecule has 3 rings (SSSR count). The van der Waals surface area contributed by atoms with E-state index in [4.69, 9.17) is 11.5 Å². The van der Waals surface area contributed by atoms with Gasteiger partial charge in [-0.15, -0.1) is 0 Å². The first-order valence-electron chi connectivity index (χ1n) is 7.38. The van der Waals surface area contributed by atoms with Crippen molar-refractivity contribution in [3.05, 3.63) is 51.0 Å². The topological polar surface area (TPSA) is 160 Å². The zero-order valence-electron chi connectivity index (χ0n) is 13.0. The van der Waals surface area contributed by atoms with Crippen molar-refractivity contribution < 1.29 is 9.59 Å². The molecule has 1 aromatic heterocycles. The first kappa shape index (κ1) is 16.3. The minimum Gasteiger partial charge on any atom is -0.369 e. The maximum Gasteiger partial charge on any atom is 0.280 e. The van der Waals surface area contributed by atoms with Gasteiger partial charge in [-0.1, -0.05) is 0 Å². The molecule has 10 nitrogen and oxygen atoms in total. The van der Waals surface area contributed by atoms with Gasteiger partial charge in [-0.25, -0.2) is 0 Å². The number of nitrogens with zero attached hydrogens (tertiary/aromatic N) is 4. The predicted octanol–water partition coefficient (Wildman–Crippen LogP) is -2.26. The van der Waals surface area contributed by atoms with E-state index in [0.29, 0.717) is 17.7 Å². The third-order valence-electron chi connectivity index (χ3n) is 3.68. The van der Waals surface area contributed by atoms with Crippen molar-refractivity contribution in [2.75, 3.05) is 23.7 Å². The third-order valence-corrected chi connectivity index (χ3v) is 3.68. The second-order valence-electron chi connectivity index (χ2n) is 5.42. The molecule has 25 heavy (non-hydrogen) atoms. The van der Waals surface area contributed by atoms with Gasteiger partial charge in [-0.05, 0) is 24.3 Å². The fourth-order valence-corrected chi connectivity index (χ4v) is 2.47. The van der Waals surface area contributed by atoms with Crippen molar-refractivity contribution in [2.45, 2.75) is 6.04 Å². The Balaban J connectivity index is 1.85. The minimum absolute atomic E-state index is 0.0230. The van der Waals surface area contributed by atoms with Crippen LogP contribution in [0, 0.1) is 0 Å². The van der Waals surface area contributed by atoms with Crippen molar-refractivity contribution in [1.82, 2.24) is 9.97 Å². The van der Waals surface area contributed by atoms with Gasteiger partial charge < -0.3 is 16.4 Å². The summed E-state index contributed by atoms with van der Waals surface area (Å²) in [6.07, 6.45) is 0.649. The Hall–Kier alpha value is -3.56. The molecule has 2 aromatic rings. The molecule has 1 aliphatic rings. The van der Waals surface area contributed by atoms with Crippen LogP contribution in [-0.4, -0.2) is 41.4 Å². The number of hydrogen-bond acceptors (Lipinski definition) is 7. The molecule has 0 saturated heterocycles. The van der Waals surface area contributed by atoms with Crippen molar-refractivity contribution in [3.8, 4) is 0 Å². The van der Waals surface area contributed by atoms with Gasteiger partial charge in [0, 0.05) is 17.8 Å². The summed E-state index contributed by atoms with van der Waals surface area (Å²) >= 11 is 0. The number of hydrogen-bond donors (Lipinski definition) is 3. The minimum atomic E-state index is -0.548. The van der Waals surface area contributed by atoms with Crippen molar-refractivity contribution in [1.29, 1.82) is 0 Å². The molecule has 0 radical (unpaired) electrons. The molecular formula is C15H15N7O3. The van der Waals surface area contributed by atoms with Crippen LogP contribution < -0.4 is 32.8 Å². The summed E-state index contributed by atoms with van der Waals surface area (Å²) in [4.78, 5) is 50.7. The van der Waals surface area contributed by atoms with Crippen molar-refractivity contribution >= 4 is 24.0 Å². The van der Waals surface area contributed by atoms with Gasteiger partial charge in [0.25, 0.3) is 5.56 Å². The van der Waals surface area contributed by atoms with Crippen LogP contribution in [0.15, 0.2) is 39.0 Å². The molecule has 128 valence electrons. The highest BCUT2D eigenvalue weighted by atomic mass is 16.1. The maximum absolute atomic E-state index is 11.9. The first-order chi connectivity index (χ1) is 12.0. The largest absolute Gasteiger partial charge is 0.369 e. The highest BCUT2D eigenvalue weighted by molar-refractivity contribution is 5.93. The van der Waals surface area contributed by atoms with E-state index in [1.54, 1.807) is 12.1 Å². The molecule has 1 atom stereocenters. The molecule has 0 aliphatic carbocycles. The molecule has 2 amide bonds. The number of carbonyl (C=O) groups excluding carboxylic acids is 2. The number of primary amides is 1. The van der Waals surface area contributed by atoms with Crippen LogP contribution in [0.4, 0.5) is 11.6 Å². The fourth-order valence-electron chi connectivity index (χ4n) is 2.47. The second-order valence-corrected chi connectivity index (χ2v) is 5.42. The summed E-state index contributed by atoms with van der Waals surface area (Å²) in [6, 6.07) is 5.88. The predicted molar refractivity (Wildman–Crippen MR) is 88.6 cm³/mol. The zero-order valence-corrected chi connectivity index (χ0v) is 13.0. The number of amides is 2. The number of rotatable bonds is 5. The van der Waals surface area contributed by atoms with E-state index in [1.807, 2.05) is 0 Å². The van der Waals surface area contributed by atoms with E-state index in [9.17, 15) is 14.4 Å². The molecular weight excluding hydrogens is 326 g/mol. The molecule has 0 spiro atoms. The summed E-state index contributed by atoms with van der Waals surface area (Å²) in [5, 5.41) is 0.0976. The monoisotopic (exact) mass is 341 g/mol. The number of H-pyrrole nitrogens is 1. The number of nitrogen functional groups attached to an aromatic ring is 1. The van der Waals surface area contributed by atoms with Crippen LogP contribution in [0.3, 0.4) is 0 Å². The lowest BCUT2D eigenvalue weighted by atomic mass is 10.1. The lowest BCUT2D eigenvalue weighted by Gasteiger charge is -2.22. The molecule has 1 aromatic carbocycles. The van der Waals surface area contributed by atoms with Gasteiger partial charge in [0.1, 0.15) is 0 Å². The smallest absolute Gasteiger partial charge is 0.280 e. The number of aromatic amines is 1.